The maximum Gasteiger partial charge on any atom is 0.407 e. The summed E-state index contributed by atoms with van der Waals surface area (Å²) in [4.78, 5) is 25.8. The van der Waals surface area contributed by atoms with Crippen molar-refractivity contribution in [3.05, 3.63) is 71.8 Å². The molecule has 0 bridgehead atoms. The number of rotatable bonds is 5. The lowest BCUT2D eigenvalue weighted by Gasteiger charge is -2.39. The van der Waals surface area contributed by atoms with Gasteiger partial charge in [0.2, 0.25) is 0 Å². The van der Waals surface area contributed by atoms with Gasteiger partial charge in [-0.2, -0.15) is 0 Å². The van der Waals surface area contributed by atoms with E-state index in [4.69, 9.17) is 4.74 Å². The van der Waals surface area contributed by atoms with Gasteiger partial charge in [-0.25, -0.2) is 9.59 Å². The Morgan fingerprint density at radius 3 is 2.30 bits per heavy atom. The summed E-state index contributed by atoms with van der Waals surface area (Å²) in [5.74, 6) is 0. The fourth-order valence-corrected chi connectivity index (χ4v) is 3.99. The standard InChI is InChI=1S/C23H28N2O5/c1-23(29)13-8-14-25(22(27)28)19(15-17-9-4-2-5-10-17)20(23)24-21(26)30-16-18-11-6-3-7-12-18/h2-7,9-12,19-20,29H,8,13-16H2,1H3,(H,24,26)(H,27,28)/t19?,20-,23-/m1/s1. The van der Waals surface area contributed by atoms with Gasteiger partial charge in [-0.15, -0.1) is 0 Å². The molecule has 2 aromatic carbocycles. The SMILES string of the molecule is C[C@@]1(O)CCCN(C(=O)O)C(Cc2ccccc2)[C@H]1NC(=O)OCc1ccccc1. The first-order valence-corrected chi connectivity index (χ1v) is 10.1. The summed E-state index contributed by atoms with van der Waals surface area (Å²) in [6.45, 7) is 2.02. The molecular weight excluding hydrogens is 384 g/mol. The number of carbonyl (C=O) groups is 2. The van der Waals surface area contributed by atoms with E-state index in [9.17, 15) is 19.8 Å². The summed E-state index contributed by atoms with van der Waals surface area (Å²) in [7, 11) is 0. The van der Waals surface area contributed by atoms with E-state index in [-0.39, 0.29) is 6.61 Å². The Hall–Kier alpha value is -3.06. The molecule has 1 saturated heterocycles. The van der Waals surface area contributed by atoms with Gasteiger partial charge >= 0.3 is 12.2 Å². The van der Waals surface area contributed by atoms with Gasteiger partial charge in [0, 0.05) is 6.54 Å². The van der Waals surface area contributed by atoms with E-state index in [0.29, 0.717) is 25.8 Å². The molecule has 3 rings (SSSR count). The minimum absolute atomic E-state index is 0.0908. The van der Waals surface area contributed by atoms with Crippen LogP contribution in [0, 0.1) is 0 Å². The van der Waals surface area contributed by atoms with E-state index in [1.165, 1.54) is 4.90 Å². The zero-order chi connectivity index (χ0) is 21.6. The fourth-order valence-electron chi connectivity index (χ4n) is 3.99. The van der Waals surface area contributed by atoms with Gasteiger partial charge in [-0.1, -0.05) is 60.7 Å². The summed E-state index contributed by atoms with van der Waals surface area (Å²) >= 11 is 0. The van der Waals surface area contributed by atoms with Crippen molar-refractivity contribution in [2.75, 3.05) is 6.54 Å². The van der Waals surface area contributed by atoms with Crippen LogP contribution in [0.2, 0.25) is 0 Å². The average molecular weight is 412 g/mol. The predicted octanol–water partition coefficient (Wildman–Crippen LogP) is 3.42. The van der Waals surface area contributed by atoms with E-state index in [0.717, 1.165) is 11.1 Å². The van der Waals surface area contributed by atoms with Gasteiger partial charge in [-0.05, 0) is 37.3 Å². The molecule has 0 saturated carbocycles. The van der Waals surface area contributed by atoms with Gasteiger partial charge in [-0.3, -0.25) is 0 Å². The van der Waals surface area contributed by atoms with Crippen LogP contribution >= 0.6 is 0 Å². The van der Waals surface area contributed by atoms with Gasteiger partial charge < -0.3 is 25.2 Å². The van der Waals surface area contributed by atoms with Crippen molar-refractivity contribution in [1.29, 1.82) is 0 Å². The number of hydrogen-bond donors (Lipinski definition) is 3. The van der Waals surface area contributed by atoms with E-state index in [1.807, 2.05) is 60.7 Å². The zero-order valence-electron chi connectivity index (χ0n) is 17.0. The lowest BCUT2D eigenvalue weighted by Crippen LogP contribution is -2.61. The third-order valence-corrected chi connectivity index (χ3v) is 5.56. The molecule has 1 aliphatic rings. The van der Waals surface area contributed by atoms with E-state index in [2.05, 4.69) is 5.32 Å². The van der Waals surface area contributed by atoms with Gasteiger partial charge in [0.15, 0.2) is 0 Å². The summed E-state index contributed by atoms with van der Waals surface area (Å²) in [6.07, 6.45) is -0.520. The van der Waals surface area contributed by atoms with Crippen molar-refractivity contribution >= 4 is 12.2 Å². The fraction of sp³-hybridized carbons (Fsp3) is 0.391. The number of likely N-dealkylation sites (tertiary alicyclic amines) is 1. The second kappa shape index (κ2) is 9.63. The molecule has 1 fully saturated rings. The number of amides is 2. The molecule has 0 radical (unpaired) electrons. The maximum absolute atomic E-state index is 12.5. The van der Waals surface area contributed by atoms with Crippen molar-refractivity contribution < 1.29 is 24.5 Å². The smallest absolute Gasteiger partial charge is 0.407 e. The monoisotopic (exact) mass is 412 g/mol. The first kappa shape index (κ1) is 21.6. The molecule has 7 heteroatoms. The maximum atomic E-state index is 12.5. The van der Waals surface area contributed by atoms with Crippen LogP contribution in [0.5, 0.6) is 0 Å². The van der Waals surface area contributed by atoms with Crippen molar-refractivity contribution in [2.45, 2.75) is 50.5 Å². The number of nitrogens with zero attached hydrogens (tertiary/aromatic N) is 1. The second-order valence-corrected chi connectivity index (χ2v) is 7.88. The van der Waals surface area contributed by atoms with E-state index < -0.39 is 29.9 Å². The molecule has 160 valence electrons. The number of ether oxygens (including phenoxy) is 1. The average Bonchev–Trinajstić information content (AvgIpc) is 2.85. The molecule has 3 N–H and O–H groups in total. The summed E-state index contributed by atoms with van der Waals surface area (Å²) in [6, 6.07) is 17.3. The van der Waals surface area contributed by atoms with Gasteiger partial charge in [0.25, 0.3) is 0 Å². The minimum atomic E-state index is -1.28. The van der Waals surface area contributed by atoms with Gasteiger partial charge in [0.05, 0.1) is 17.7 Å². The molecule has 7 nitrogen and oxygen atoms in total. The van der Waals surface area contributed by atoms with E-state index in [1.54, 1.807) is 6.92 Å². The zero-order valence-corrected chi connectivity index (χ0v) is 17.0. The molecule has 1 aliphatic heterocycles. The Morgan fingerprint density at radius 2 is 1.70 bits per heavy atom. The number of benzene rings is 2. The highest BCUT2D eigenvalue weighted by Gasteiger charge is 2.45. The third kappa shape index (κ3) is 5.51. The van der Waals surface area contributed by atoms with Crippen LogP contribution in [0.3, 0.4) is 0 Å². The topological polar surface area (TPSA) is 99.1 Å². The quantitative estimate of drug-likeness (QED) is 0.699. The second-order valence-electron chi connectivity index (χ2n) is 7.88. The predicted molar refractivity (Wildman–Crippen MR) is 112 cm³/mol. The molecule has 3 atom stereocenters. The molecule has 2 aromatic rings. The Bertz CT molecular complexity index is 841. The minimum Gasteiger partial charge on any atom is -0.465 e. The molecule has 30 heavy (non-hydrogen) atoms. The molecule has 0 aromatic heterocycles. The van der Waals surface area contributed by atoms with Crippen LogP contribution in [0.15, 0.2) is 60.7 Å². The van der Waals surface area contributed by atoms with Crippen molar-refractivity contribution in [2.24, 2.45) is 0 Å². The van der Waals surface area contributed by atoms with Crippen LogP contribution in [-0.2, 0) is 17.8 Å². The molecule has 1 unspecified atom stereocenters. The summed E-state index contributed by atoms with van der Waals surface area (Å²) in [5, 5.41) is 23.7. The third-order valence-electron chi connectivity index (χ3n) is 5.56. The number of hydrogen-bond acceptors (Lipinski definition) is 4. The lowest BCUT2D eigenvalue weighted by molar-refractivity contribution is -0.00581. The highest BCUT2D eigenvalue weighted by Crippen LogP contribution is 2.29. The molecule has 0 aliphatic carbocycles. The van der Waals surface area contributed by atoms with Crippen LogP contribution in [0.4, 0.5) is 9.59 Å². The Kier molecular flexibility index (Phi) is 6.95. The van der Waals surface area contributed by atoms with Crippen molar-refractivity contribution in [3.8, 4) is 0 Å². The number of aliphatic hydroxyl groups is 1. The van der Waals surface area contributed by atoms with Crippen LogP contribution in [0.25, 0.3) is 0 Å². The van der Waals surface area contributed by atoms with Crippen molar-refractivity contribution in [1.82, 2.24) is 10.2 Å². The Morgan fingerprint density at radius 1 is 1.10 bits per heavy atom. The lowest BCUT2D eigenvalue weighted by atomic mass is 9.85. The number of carbonyl (C=O) groups excluding carboxylic acids is 1. The highest BCUT2D eigenvalue weighted by atomic mass is 16.5. The van der Waals surface area contributed by atoms with Gasteiger partial charge in [0.1, 0.15) is 6.61 Å². The Balaban J connectivity index is 1.80. The number of alkyl carbamates (subject to hydrolysis) is 1. The molecule has 2 amide bonds. The van der Waals surface area contributed by atoms with E-state index >= 15 is 0 Å². The number of nitrogens with one attached hydrogen (secondary N) is 1. The molecular formula is C23H28N2O5. The number of carboxylic acid groups (broad SMARTS) is 1. The first-order chi connectivity index (χ1) is 14.4. The largest absolute Gasteiger partial charge is 0.465 e. The first-order valence-electron chi connectivity index (χ1n) is 10.1. The normalized spacial score (nSPS) is 24.0. The van der Waals surface area contributed by atoms with Crippen LogP contribution < -0.4 is 5.32 Å². The van der Waals surface area contributed by atoms with Crippen LogP contribution in [0.1, 0.15) is 30.9 Å². The van der Waals surface area contributed by atoms with Crippen LogP contribution in [-0.4, -0.2) is 51.5 Å². The molecule has 1 heterocycles. The molecule has 0 spiro atoms. The van der Waals surface area contributed by atoms with Crippen molar-refractivity contribution in [3.63, 3.8) is 0 Å². The highest BCUT2D eigenvalue weighted by molar-refractivity contribution is 5.69. The Labute approximate surface area is 176 Å². The summed E-state index contributed by atoms with van der Waals surface area (Å²) < 4.78 is 5.33. The summed E-state index contributed by atoms with van der Waals surface area (Å²) in [5.41, 5.74) is 0.485.